The van der Waals surface area contributed by atoms with E-state index in [0.29, 0.717) is 24.8 Å². The van der Waals surface area contributed by atoms with Gasteiger partial charge in [-0.2, -0.15) is 0 Å². The number of likely N-dealkylation sites (N-methyl/N-ethyl adjacent to an activating group) is 1. The van der Waals surface area contributed by atoms with Crippen LogP contribution in [0.4, 0.5) is 0 Å². The van der Waals surface area contributed by atoms with Crippen LogP contribution in [0.5, 0.6) is 0 Å². The topological polar surface area (TPSA) is 78.5 Å². The van der Waals surface area contributed by atoms with Crippen LogP contribution in [-0.4, -0.2) is 47.8 Å². The van der Waals surface area contributed by atoms with E-state index in [4.69, 9.17) is 0 Å². The Balaban J connectivity index is 1.57. The lowest BCUT2D eigenvalue weighted by molar-refractivity contribution is -0.149. The smallest absolute Gasteiger partial charge is 0.251 e. The van der Waals surface area contributed by atoms with Crippen LogP contribution in [0.2, 0.25) is 0 Å². The van der Waals surface area contributed by atoms with E-state index >= 15 is 0 Å². The quantitative estimate of drug-likeness (QED) is 0.712. The van der Waals surface area contributed by atoms with Crippen molar-refractivity contribution in [3.8, 4) is 0 Å². The van der Waals surface area contributed by atoms with Crippen LogP contribution in [-0.2, 0) is 14.4 Å². The third kappa shape index (κ3) is 2.81. The van der Waals surface area contributed by atoms with Gasteiger partial charge in [-0.05, 0) is 31.6 Å². The summed E-state index contributed by atoms with van der Waals surface area (Å²) in [7, 11) is 1.48. The molecule has 4 atom stereocenters. The fraction of sp³-hybridized carbons (Fsp3) is 0.800. The Morgan fingerprint density at radius 2 is 2.00 bits per heavy atom. The first-order valence-electron chi connectivity index (χ1n) is 7.93. The fourth-order valence-corrected chi connectivity index (χ4v) is 3.84. The van der Waals surface area contributed by atoms with E-state index in [2.05, 4.69) is 10.6 Å². The summed E-state index contributed by atoms with van der Waals surface area (Å²) in [6.45, 7) is 0. The third-order valence-corrected chi connectivity index (χ3v) is 5.15. The zero-order valence-corrected chi connectivity index (χ0v) is 12.4. The van der Waals surface area contributed by atoms with Crippen LogP contribution < -0.4 is 10.6 Å². The normalized spacial score (nSPS) is 36.5. The van der Waals surface area contributed by atoms with Crippen LogP contribution in [0.1, 0.15) is 44.9 Å². The fourth-order valence-electron chi connectivity index (χ4n) is 3.84. The van der Waals surface area contributed by atoms with Crippen molar-refractivity contribution in [1.82, 2.24) is 15.5 Å². The summed E-state index contributed by atoms with van der Waals surface area (Å²) in [4.78, 5) is 36.9. The molecule has 0 radical (unpaired) electrons. The Hall–Kier alpha value is -1.43. The molecule has 3 aliphatic rings. The number of hydrogen-bond donors (Lipinski definition) is 2. The van der Waals surface area contributed by atoms with Gasteiger partial charge in [-0.25, -0.2) is 0 Å². The van der Waals surface area contributed by atoms with Gasteiger partial charge in [0.15, 0.2) is 0 Å². The Morgan fingerprint density at radius 1 is 1.24 bits per heavy atom. The molecule has 2 aliphatic heterocycles. The second kappa shape index (κ2) is 5.75. The average Bonchev–Trinajstić information content (AvgIpc) is 2.92. The van der Waals surface area contributed by atoms with E-state index in [9.17, 15) is 14.4 Å². The van der Waals surface area contributed by atoms with Crippen LogP contribution in [0.3, 0.4) is 0 Å². The summed E-state index contributed by atoms with van der Waals surface area (Å²) in [6.07, 6.45) is 6.42. The molecule has 2 saturated heterocycles. The molecule has 2 heterocycles. The van der Waals surface area contributed by atoms with Crippen molar-refractivity contribution in [2.75, 3.05) is 7.05 Å². The SMILES string of the molecule is CN1C(=O)CCC(NC(=O)C2CC3CCCCC3N2)C1=O. The number of hydrogen-bond acceptors (Lipinski definition) is 4. The first kappa shape index (κ1) is 14.5. The highest BCUT2D eigenvalue weighted by molar-refractivity contribution is 6.01. The number of likely N-dealkylation sites (tertiary alicyclic amines) is 1. The predicted octanol–water partition coefficient (Wildman–Crippen LogP) is 0.171. The number of piperidine rings is 1. The summed E-state index contributed by atoms with van der Waals surface area (Å²) in [6, 6.07) is -0.278. The van der Waals surface area contributed by atoms with Gasteiger partial charge in [-0.15, -0.1) is 0 Å². The minimum Gasteiger partial charge on any atom is -0.343 e. The molecule has 6 heteroatoms. The monoisotopic (exact) mass is 293 g/mol. The maximum atomic E-state index is 12.4. The van der Waals surface area contributed by atoms with Crippen LogP contribution in [0.25, 0.3) is 0 Å². The number of nitrogens with one attached hydrogen (secondary N) is 2. The minimum atomic E-state index is -0.551. The molecule has 0 aromatic heterocycles. The number of fused-ring (bicyclic) bond motifs is 1. The van der Waals surface area contributed by atoms with E-state index in [1.165, 1.54) is 26.3 Å². The molecule has 1 aliphatic carbocycles. The zero-order valence-electron chi connectivity index (χ0n) is 12.4. The predicted molar refractivity (Wildman–Crippen MR) is 76.2 cm³/mol. The lowest BCUT2D eigenvalue weighted by Crippen LogP contribution is -2.55. The molecule has 21 heavy (non-hydrogen) atoms. The van der Waals surface area contributed by atoms with E-state index < -0.39 is 6.04 Å². The summed E-state index contributed by atoms with van der Waals surface area (Å²) < 4.78 is 0. The van der Waals surface area contributed by atoms with Gasteiger partial charge in [0.1, 0.15) is 6.04 Å². The largest absolute Gasteiger partial charge is 0.343 e. The molecule has 3 amide bonds. The molecule has 6 nitrogen and oxygen atoms in total. The van der Waals surface area contributed by atoms with Gasteiger partial charge in [0, 0.05) is 19.5 Å². The van der Waals surface area contributed by atoms with Crippen LogP contribution in [0.15, 0.2) is 0 Å². The molecule has 0 aromatic rings. The average molecular weight is 293 g/mol. The van der Waals surface area contributed by atoms with Gasteiger partial charge in [0.05, 0.1) is 6.04 Å². The molecule has 0 aromatic carbocycles. The molecule has 4 unspecified atom stereocenters. The standard InChI is InChI=1S/C15H23N3O3/c1-18-13(19)7-6-11(15(18)21)17-14(20)12-8-9-4-2-3-5-10(9)16-12/h9-12,16H,2-8H2,1H3,(H,17,20). The summed E-state index contributed by atoms with van der Waals surface area (Å²) in [5, 5.41) is 6.24. The first-order chi connectivity index (χ1) is 10.1. The maximum Gasteiger partial charge on any atom is 0.251 e. The van der Waals surface area contributed by atoms with Crippen molar-refractivity contribution in [3.05, 3.63) is 0 Å². The lowest BCUT2D eigenvalue weighted by Gasteiger charge is -2.29. The Labute approximate surface area is 124 Å². The van der Waals surface area contributed by atoms with Gasteiger partial charge in [-0.1, -0.05) is 12.8 Å². The number of carbonyl (C=O) groups is 3. The zero-order chi connectivity index (χ0) is 15.0. The van der Waals surface area contributed by atoms with Gasteiger partial charge in [-0.3, -0.25) is 19.3 Å². The Bertz CT molecular complexity index is 451. The van der Waals surface area contributed by atoms with Gasteiger partial charge in [0.25, 0.3) is 5.91 Å². The maximum absolute atomic E-state index is 12.4. The van der Waals surface area contributed by atoms with Gasteiger partial charge >= 0.3 is 0 Å². The van der Waals surface area contributed by atoms with Crippen LogP contribution in [0, 0.1) is 5.92 Å². The minimum absolute atomic E-state index is 0.0921. The molecular formula is C15H23N3O3. The number of carbonyl (C=O) groups excluding carboxylic acids is 3. The second-order valence-electron chi connectivity index (χ2n) is 6.50. The summed E-state index contributed by atoms with van der Waals surface area (Å²) in [5.74, 6) is 0.0387. The lowest BCUT2D eigenvalue weighted by atomic mass is 9.85. The summed E-state index contributed by atoms with van der Waals surface area (Å²) >= 11 is 0. The molecular weight excluding hydrogens is 270 g/mol. The van der Waals surface area contributed by atoms with E-state index in [1.807, 2.05) is 0 Å². The van der Waals surface area contributed by atoms with Crippen molar-refractivity contribution in [2.45, 2.75) is 63.1 Å². The number of imide groups is 1. The van der Waals surface area contributed by atoms with E-state index in [1.54, 1.807) is 0 Å². The van der Waals surface area contributed by atoms with Gasteiger partial charge < -0.3 is 10.6 Å². The molecule has 116 valence electrons. The van der Waals surface area contributed by atoms with Crippen LogP contribution >= 0.6 is 0 Å². The number of amides is 3. The molecule has 2 N–H and O–H groups in total. The van der Waals surface area contributed by atoms with E-state index in [-0.39, 0.29) is 23.8 Å². The number of nitrogens with zero attached hydrogens (tertiary/aromatic N) is 1. The molecule has 3 fully saturated rings. The van der Waals surface area contributed by atoms with Crippen molar-refractivity contribution >= 4 is 17.7 Å². The van der Waals surface area contributed by atoms with Crippen molar-refractivity contribution in [3.63, 3.8) is 0 Å². The second-order valence-corrected chi connectivity index (χ2v) is 6.50. The van der Waals surface area contributed by atoms with Crippen molar-refractivity contribution < 1.29 is 14.4 Å². The highest BCUT2D eigenvalue weighted by Gasteiger charge is 2.40. The molecule has 3 rings (SSSR count). The number of rotatable bonds is 2. The molecule has 0 bridgehead atoms. The highest BCUT2D eigenvalue weighted by atomic mass is 16.2. The van der Waals surface area contributed by atoms with Gasteiger partial charge in [0.2, 0.25) is 11.8 Å². The Kier molecular flexibility index (Phi) is 3.97. The van der Waals surface area contributed by atoms with Crippen molar-refractivity contribution in [2.24, 2.45) is 5.92 Å². The highest BCUT2D eigenvalue weighted by Crippen LogP contribution is 2.33. The van der Waals surface area contributed by atoms with E-state index in [0.717, 1.165) is 17.7 Å². The summed E-state index contributed by atoms with van der Waals surface area (Å²) in [5.41, 5.74) is 0. The van der Waals surface area contributed by atoms with Crippen molar-refractivity contribution in [1.29, 1.82) is 0 Å². The third-order valence-electron chi connectivity index (χ3n) is 5.15. The Morgan fingerprint density at radius 3 is 2.76 bits per heavy atom. The molecule has 0 spiro atoms. The molecule has 1 saturated carbocycles. The first-order valence-corrected chi connectivity index (χ1v) is 7.93.